The number of aromatic nitrogens is 2. The van der Waals surface area contributed by atoms with Gasteiger partial charge in [-0.05, 0) is 34.8 Å². The van der Waals surface area contributed by atoms with E-state index < -0.39 is 0 Å². The number of hydrogen-bond acceptors (Lipinski definition) is 6. The van der Waals surface area contributed by atoms with E-state index in [1.54, 1.807) is 11.3 Å². The van der Waals surface area contributed by atoms with Crippen LogP contribution in [0.3, 0.4) is 0 Å². The summed E-state index contributed by atoms with van der Waals surface area (Å²) in [6, 6.07) is 2.51. The zero-order valence-corrected chi connectivity index (χ0v) is 12.0. The second kappa shape index (κ2) is 5.38. The Hall–Kier alpha value is -0.920. The quantitative estimate of drug-likeness (QED) is 0.931. The zero-order valence-electron chi connectivity index (χ0n) is 9.56. The van der Waals surface area contributed by atoms with Gasteiger partial charge in [-0.3, -0.25) is 0 Å². The van der Waals surface area contributed by atoms with Crippen molar-refractivity contribution in [3.8, 4) is 0 Å². The van der Waals surface area contributed by atoms with Crippen LogP contribution in [-0.2, 0) is 11.3 Å². The fourth-order valence-corrected chi connectivity index (χ4v) is 3.21. The fourth-order valence-electron chi connectivity index (χ4n) is 1.82. The van der Waals surface area contributed by atoms with Gasteiger partial charge >= 0.3 is 6.01 Å². The third-order valence-corrected chi connectivity index (χ3v) is 4.38. The van der Waals surface area contributed by atoms with Crippen molar-refractivity contribution in [3.63, 3.8) is 0 Å². The average molecular weight is 330 g/mol. The van der Waals surface area contributed by atoms with E-state index >= 15 is 0 Å². The fraction of sp³-hybridized carbons (Fsp3) is 0.455. The van der Waals surface area contributed by atoms with E-state index in [1.807, 2.05) is 5.38 Å². The summed E-state index contributed by atoms with van der Waals surface area (Å²) in [6.07, 6.45) is 1.99. The predicted molar refractivity (Wildman–Crippen MR) is 71.6 cm³/mol. The van der Waals surface area contributed by atoms with Gasteiger partial charge in [0.15, 0.2) is 0 Å². The number of rotatable bonds is 4. The summed E-state index contributed by atoms with van der Waals surface area (Å²) < 4.78 is 12.1. The van der Waals surface area contributed by atoms with Crippen LogP contribution in [0.1, 0.15) is 29.7 Å². The largest absolute Gasteiger partial charge is 0.405 e. The monoisotopic (exact) mass is 329 g/mol. The number of thiophene rings is 1. The van der Waals surface area contributed by atoms with Crippen molar-refractivity contribution in [1.82, 2.24) is 10.2 Å². The lowest BCUT2D eigenvalue weighted by Gasteiger charge is -2.02. The molecule has 1 aliphatic heterocycles. The van der Waals surface area contributed by atoms with Gasteiger partial charge in [-0.2, -0.15) is 0 Å². The smallest absolute Gasteiger partial charge is 0.315 e. The first-order chi connectivity index (χ1) is 8.81. The van der Waals surface area contributed by atoms with Crippen LogP contribution in [0.15, 0.2) is 20.3 Å². The highest BCUT2D eigenvalue weighted by Crippen LogP contribution is 2.28. The Balaban J connectivity index is 1.59. The van der Waals surface area contributed by atoms with E-state index in [9.17, 15) is 0 Å². The maximum absolute atomic E-state index is 5.53. The van der Waals surface area contributed by atoms with Gasteiger partial charge < -0.3 is 14.5 Å². The Labute approximate surface area is 117 Å². The molecule has 0 aromatic carbocycles. The van der Waals surface area contributed by atoms with Crippen molar-refractivity contribution in [2.75, 3.05) is 11.9 Å². The average Bonchev–Trinajstić information content (AvgIpc) is 3.07. The van der Waals surface area contributed by atoms with Crippen molar-refractivity contribution in [3.05, 3.63) is 26.7 Å². The van der Waals surface area contributed by atoms with Gasteiger partial charge in [0.25, 0.3) is 0 Å². The minimum atomic E-state index is -0.0241. The van der Waals surface area contributed by atoms with Crippen molar-refractivity contribution in [2.24, 2.45) is 0 Å². The molecule has 5 nitrogen and oxygen atoms in total. The first kappa shape index (κ1) is 12.1. The summed E-state index contributed by atoms with van der Waals surface area (Å²) in [7, 11) is 0. The van der Waals surface area contributed by atoms with Gasteiger partial charge in [-0.15, -0.1) is 16.4 Å². The van der Waals surface area contributed by atoms with Gasteiger partial charge in [0.2, 0.25) is 5.89 Å². The lowest BCUT2D eigenvalue weighted by molar-refractivity contribution is 0.0897. The molecule has 2 aromatic rings. The number of ether oxygens (including phenoxy) is 1. The highest BCUT2D eigenvalue weighted by atomic mass is 79.9. The number of halogens is 1. The molecule has 1 atom stereocenters. The normalized spacial score (nSPS) is 19.3. The molecule has 1 aliphatic rings. The van der Waals surface area contributed by atoms with E-state index in [0.717, 1.165) is 23.9 Å². The van der Waals surface area contributed by atoms with E-state index in [0.29, 0.717) is 18.5 Å². The van der Waals surface area contributed by atoms with Gasteiger partial charge in [0.1, 0.15) is 6.10 Å². The highest BCUT2D eigenvalue weighted by molar-refractivity contribution is 9.10. The van der Waals surface area contributed by atoms with Crippen LogP contribution in [-0.4, -0.2) is 16.8 Å². The lowest BCUT2D eigenvalue weighted by atomic mass is 10.2. The summed E-state index contributed by atoms with van der Waals surface area (Å²) in [6.45, 7) is 1.46. The van der Waals surface area contributed by atoms with Crippen LogP contribution in [0.25, 0.3) is 0 Å². The maximum atomic E-state index is 5.53. The number of hydrogen-bond donors (Lipinski definition) is 1. The Morgan fingerprint density at radius 2 is 2.44 bits per heavy atom. The van der Waals surface area contributed by atoms with Gasteiger partial charge in [0.05, 0.1) is 6.54 Å². The maximum Gasteiger partial charge on any atom is 0.315 e. The third-order valence-electron chi connectivity index (χ3n) is 2.68. The molecule has 1 fully saturated rings. The molecule has 3 rings (SSSR count). The molecule has 0 aliphatic carbocycles. The summed E-state index contributed by atoms with van der Waals surface area (Å²) >= 11 is 5.10. The minimum absolute atomic E-state index is 0.0241. The molecule has 0 radical (unpaired) electrons. The van der Waals surface area contributed by atoms with Crippen molar-refractivity contribution >= 4 is 33.3 Å². The van der Waals surface area contributed by atoms with Crippen LogP contribution in [0.4, 0.5) is 6.01 Å². The van der Waals surface area contributed by atoms with Gasteiger partial charge in [-0.25, -0.2) is 0 Å². The van der Waals surface area contributed by atoms with Gasteiger partial charge in [-0.1, -0.05) is 5.10 Å². The Morgan fingerprint density at radius 3 is 3.17 bits per heavy atom. The molecule has 0 saturated carbocycles. The Kier molecular flexibility index (Phi) is 3.62. The third kappa shape index (κ3) is 2.73. The molecule has 3 heterocycles. The molecule has 1 N–H and O–H groups in total. The first-order valence-corrected chi connectivity index (χ1v) is 7.40. The van der Waals surface area contributed by atoms with Crippen LogP contribution >= 0.6 is 27.3 Å². The zero-order chi connectivity index (χ0) is 12.4. The second-order valence-electron chi connectivity index (χ2n) is 4.03. The SMILES string of the molecule is Brc1csc(CNc2nnc(C3CCCO3)o2)c1. The van der Waals surface area contributed by atoms with Crippen molar-refractivity contribution in [2.45, 2.75) is 25.5 Å². The standard InChI is InChI=1S/C11H12BrN3O2S/c12-7-4-8(18-6-7)5-13-11-15-14-10(17-11)9-2-1-3-16-9/h4,6,9H,1-3,5H2,(H,13,15). The summed E-state index contributed by atoms with van der Waals surface area (Å²) in [5, 5.41) is 13.1. The molecule has 7 heteroatoms. The van der Waals surface area contributed by atoms with Crippen molar-refractivity contribution in [1.29, 1.82) is 0 Å². The topological polar surface area (TPSA) is 60.2 Å². The molecule has 0 spiro atoms. The first-order valence-electron chi connectivity index (χ1n) is 5.73. The number of nitrogens with zero attached hydrogens (tertiary/aromatic N) is 2. The van der Waals surface area contributed by atoms with Gasteiger partial charge in [0, 0.05) is 21.3 Å². The number of nitrogens with one attached hydrogen (secondary N) is 1. The number of anilines is 1. The molecule has 1 unspecified atom stereocenters. The van der Waals surface area contributed by atoms with Crippen LogP contribution in [0, 0.1) is 0 Å². The van der Waals surface area contributed by atoms with E-state index in [-0.39, 0.29) is 6.10 Å². The van der Waals surface area contributed by atoms with Crippen LogP contribution in [0.5, 0.6) is 0 Å². The van der Waals surface area contributed by atoms with Crippen LogP contribution < -0.4 is 5.32 Å². The predicted octanol–water partition coefficient (Wildman–Crippen LogP) is 3.36. The molecule has 2 aromatic heterocycles. The molecular formula is C11H12BrN3O2S. The molecule has 18 heavy (non-hydrogen) atoms. The van der Waals surface area contributed by atoms with E-state index in [2.05, 4.69) is 37.5 Å². The second-order valence-corrected chi connectivity index (χ2v) is 5.94. The highest BCUT2D eigenvalue weighted by Gasteiger charge is 2.23. The summed E-state index contributed by atoms with van der Waals surface area (Å²) in [5.74, 6) is 0.572. The van der Waals surface area contributed by atoms with Crippen molar-refractivity contribution < 1.29 is 9.15 Å². The van der Waals surface area contributed by atoms with Crippen LogP contribution in [0.2, 0.25) is 0 Å². The Bertz CT molecular complexity index is 522. The van der Waals surface area contributed by atoms with E-state index in [1.165, 1.54) is 4.88 Å². The minimum Gasteiger partial charge on any atom is -0.405 e. The molecule has 0 bridgehead atoms. The van der Waals surface area contributed by atoms with E-state index in [4.69, 9.17) is 9.15 Å². The summed E-state index contributed by atoms with van der Waals surface area (Å²) in [4.78, 5) is 1.21. The summed E-state index contributed by atoms with van der Waals surface area (Å²) in [5.41, 5.74) is 0. The molecule has 0 amide bonds. The molecule has 1 saturated heterocycles. The lowest BCUT2D eigenvalue weighted by Crippen LogP contribution is -1.97. The molecular weight excluding hydrogens is 318 g/mol. The Morgan fingerprint density at radius 1 is 1.50 bits per heavy atom. The molecule has 96 valence electrons.